The van der Waals surface area contributed by atoms with Crippen molar-refractivity contribution in [2.24, 2.45) is 0 Å². The summed E-state index contributed by atoms with van der Waals surface area (Å²) < 4.78 is 5.18. The minimum Gasteiger partial charge on any atom is -0.396 e. The first-order valence-corrected chi connectivity index (χ1v) is 7.31. The van der Waals surface area contributed by atoms with Gasteiger partial charge < -0.3 is 19.8 Å². The van der Waals surface area contributed by atoms with Gasteiger partial charge in [-0.25, -0.2) is 4.79 Å². The average molecular weight is 281 g/mol. The van der Waals surface area contributed by atoms with E-state index in [2.05, 4.69) is 10.5 Å². The number of rotatable bonds is 7. The van der Waals surface area contributed by atoms with Gasteiger partial charge in [-0.2, -0.15) is 0 Å². The van der Waals surface area contributed by atoms with E-state index in [0.29, 0.717) is 36.1 Å². The fraction of sp³-hybridized carbons (Fsp3) is 0.714. The van der Waals surface area contributed by atoms with Crippen LogP contribution < -0.4 is 5.32 Å². The van der Waals surface area contributed by atoms with E-state index in [1.54, 1.807) is 0 Å². The molecular weight excluding hydrogens is 258 g/mol. The topological polar surface area (TPSA) is 78.6 Å². The van der Waals surface area contributed by atoms with Gasteiger partial charge >= 0.3 is 6.03 Å². The molecule has 6 heteroatoms. The third-order valence-corrected chi connectivity index (χ3v) is 3.54. The van der Waals surface area contributed by atoms with Crippen LogP contribution in [0, 0.1) is 6.92 Å². The lowest BCUT2D eigenvalue weighted by Crippen LogP contribution is -2.37. The summed E-state index contributed by atoms with van der Waals surface area (Å²) in [7, 11) is 0. The van der Waals surface area contributed by atoms with Crippen molar-refractivity contribution in [3.8, 4) is 0 Å². The molecule has 1 aromatic heterocycles. The van der Waals surface area contributed by atoms with Gasteiger partial charge in [0.2, 0.25) is 0 Å². The van der Waals surface area contributed by atoms with Crippen LogP contribution >= 0.6 is 0 Å². The zero-order valence-electron chi connectivity index (χ0n) is 12.2. The Morgan fingerprint density at radius 2 is 2.25 bits per heavy atom. The van der Waals surface area contributed by atoms with Crippen LogP contribution in [0.4, 0.5) is 10.5 Å². The first kappa shape index (κ1) is 14.8. The van der Waals surface area contributed by atoms with E-state index in [1.165, 1.54) is 0 Å². The molecule has 0 spiro atoms. The number of urea groups is 1. The number of anilines is 1. The van der Waals surface area contributed by atoms with E-state index in [4.69, 9.17) is 9.63 Å². The number of aromatic nitrogens is 1. The largest absolute Gasteiger partial charge is 0.396 e. The number of carbonyl (C=O) groups excluding carboxylic acids is 1. The lowest BCUT2D eigenvalue weighted by Gasteiger charge is -2.22. The standard InChI is InChI=1S/C14H23N3O3/c1-3-12-13(10(2)16-20-12)15-14(19)17(11-6-7-11)8-4-5-9-18/h11,18H,3-9H2,1-2H3,(H,15,19). The van der Waals surface area contributed by atoms with Gasteiger partial charge in [0, 0.05) is 25.6 Å². The zero-order chi connectivity index (χ0) is 14.5. The van der Waals surface area contributed by atoms with Gasteiger partial charge in [-0.15, -0.1) is 0 Å². The molecule has 2 amide bonds. The molecule has 20 heavy (non-hydrogen) atoms. The highest BCUT2D eigenvalue weighted by Crippen LogP contribution is 2.29. The normalized spacial score (nSPS) is 14.3. The lowest BCUT2D eigenvalue weighted by atomic mass is 10.2. The summed E-state index contributed by atoms with van der Waals surface area (Å²) in [5, 5.41) is 15.7. The van der Waals surface area contributed by atoms with Crippen LogP contribution in [0.25, 0.3) is 0 Å². The average Bonchev–Trinajstić information content (AvgIpc) is 3.21. The second kappa shape index (κ2) is 6.74. The molecule has 2 N–H and O–H groups in total. The molecule has 1 aliphatic carbocycles. The van der Waals surface area contributed by atoms with Gasteiger partial charge in [-0.1, -0.05) is 12.1 Å². The fourth-order valence-electron chi connectivity index (χ4n) is 2.23. The number of nitrogens with zero attached hydrogens (tertiary/aromatic N) is 2. The van der Waals surface area contributed by atoms with Crippen molar-refractivity contribution in [3.63, 3.8) is 0 Å². The van der Waals surface area contributed by atoms with Crippen LogP contribution in [-0.4, -0.2) is 40.4 Å². The highest BCUT2D eigenvalue weighted by atomic mass is 16.5. The van der Waals surface area contributed by atoms with E-state index in [1.807, 2.05) is 18.7 Å². The number of amides is 2. The molecule has 2 rings (SSSR count). The highest BCUT2D eigenvalue weighted by molar-refractivity contribution is 5.90. The number of aliphatic hydroxyl groups is 1. The molecule has 0 bridgehead atoms. The van der Waals surface area contributed by atoms with E-state index in [-0.39, 0.29) is 12.6 Å². The number of unbranched alkanes of at least 4 members (excludes halogenated alkanes) is 1. The van der Waals surface area contributed by atoms with Crippen molar-refractivity contribution < 1.29 is 14.4 Å². The van der Waals surface area contributed by atoms with E-state index in [9.17, 15) is 4.79 Å². The zero-order valence-corrected chi connectivity index (χ0v) is 12.2. The van der Waals surface area contributed by atoms with Gasteiger partial charge in [-0.3, -0.25) is 0 Å². The summed E-state index contributed by atoms with van der Waals surface area (Å²) in [6.45, 7) is 4.65. The van der Waals surface area contributed by atoms with E-state index >= 15 is 0 Å². The number of aliphatic hydroxyl groups excluding tert-OH is 1. The number of carbonyl (C=O) groups is 1. The molecule has 0 aromatic carbocycles. The van der Waals surface area contributed by atoms with Crippen LogP contribution in [0.3, 0.4) is 0 Å². The monoisotopic (exact) mass is 281 g/mol. The molecule has 1 aromatic rings. The summed E-state index contributed by atoms with van der Waals surface area (Å²) >= 11 is 0. The SMILES string of the molecule is CCc1onc(C)c1NC(=O)N(CCCCO)C1CC1. The molecule has 0 radical (unpaired) electrons. The quantitative estimate of drug-likeness (QED) is 0.752. The maximum atomic E-state index is 12.4. The van der Waals surface area contributed by atoms with Crippen LogP contribution in [0.2, 0.25) is 0 Å². The van der Waals surface area contributed by atoms with E-state index in [0.717, 1.165) is 25.7 Å². The molecule has 1 heterocycles. The van der Waals surface area contributed by atoms with Gasteiger partial charge in [-0.05, 0) is 32.6 Å². The third-order valence-electron chi connectivity index (χ3n) is 3.54. The molecule has 0 saturated heterocycles. The minimum atomic E-state index is -0.0913. The van der Waals surface area contributed by atoms with Gasteiger partial charge in [0.05, 0.1) is 0 Å². The molecular formula is C14H23N3O3. The molecule has 0 unspecified atom stereocenters. The van der Waals surface area contributed by atoms with Crippen molar-refractivity contribution in [1.82, 2.24) is 10.1 Å². The van der Waals surface area contributed by atoms with Gasteiger partial charge in [0.1, 0.15) is 11.4 Å². The summed E-state index contributed by atoms with van der Waals surface area (Å²) in [5.41, 5.74) is 1.41. The Labute approximate surface area is 119 Å². The molecule has 112 valence electrons. The summed E-state index contributed by atoms with van der Waals surface area (Å²) in [5.74, 6) is 0.710. The van der Waals surface area contributed by atoms with Crippen molar-refractivity contribution in [3.05, 3.63) is 11.5 Å². The predicted octanol–water partition coefficient (Wildman–Crippen LogP) is 2.31. The second-order valence-electron chi connectivity index (χ2n) is 5.21. The molecule has 1 aliphatic rings. The van der Waals surface area contributed by atoms with Crippen LogP contribution in [0.15, 0.2) is 4.52 Å². The van der Waals surface area contributed by atoms with Crippen molar-refractivity contribution in [2.75, 3.05) is 18.5 Å². The van der Waals surface area contributed by atoms with Crippen LogP contribution in [0.5, 0.6) is 0 Å². The number of aryl methyl sites for hydroxylation is 2. The Bertz CT molecular complexity index is 455. The first-order chi connectivity index (χ1) is 9.67. The number of hydrogen-bond acceptors (Lipinski definition) is 4. The predicted molar refractivity (Wildman–Crippen MR) is 75.7 cm³/mol. The fourth-order valence-corrected chi connectivity index (χ4v) is 2.23. The third kappa shape index (κ3) is 3.50. The summed E-state index contributed by atoms with van der Waals surface area (Å²) in [4.78, 5) is 14.3. The second-order valence-corrected chi connectivity index (χ2v) is 5.21. The van der Waals surface area contributed by atoms with E-state index < -0.39 is 0 Å². The Hall–Kier alpha value is -1.56. The molecule has 6 nitrogen and oxygen atoms in total. The minimum absolute atomic E-state index is 0.0913. The van der Waals surface area contributed by atoms with Crippen molar-refractivity contribution in [1.29, 1.82) is 0 Å². The Balaban J connectivity index is 1.98. The number of hydrogen-bond donors (Lipinski definition) is 2. The Kier molecular flexibility index (Phi) is 5.00. The summed E-state index contributed by atoms with van der Waals surface area (Å²) in [6.07, 6.45) is 4.38. The maximum absolute atomic E-state index is 12.4. The summed E-state index contributed by atoms with van der Waals surface area (Å²) in [6, 6.07) is 0.255. The van der Waals surface area contributed by atoms with Crippen LogP contribution in [0.1, 0.15) is 44.1 Å². The van der Waals surface area contributed by atoms with Gasteiger partial charge in [0.25, 0.3) is 0 Å². The number of nitrogens with one attached hydrogen (secondary N) is 1. The highest BCUT2D eigenvalue weighted by Gasteiger charge is 2.32. The van der Waals surface area contributed by atoms with Crippen molar-refractivity contribution >= 4 is 11.7 Å². The lowest BCUT2D eigenvalue weighted by molar-refractivity contribution is 0.204. The van der Waals surface area contributed by atoms with Gasteiger partial charge in [0.15, 0.2) is 5.76 Å². The smallest absolute Gasteiger partial charge is 0.322 e. The molecule has 1 fully saturated rings. The molecule has 1 saturated carbocycles. The first-order valence-electron chi connectivity index (χ1n) is 7.31. The Morgan fingerprint density at radius 1 is 1.50 bits per heavy atom. The molecule has 0 atom stereocenters. The maximum Gasteiger partial charge on any atom is 0.322 e. The van der Waals surface area contributed by atoms with Crippen LogP contribution in [-0.2, 0) is 6.42 Å². The Morgan fingerprint density at radius 3 is 2.85 bits per heavy atom. The molecule has 0 aliphatic heterocycles. The van der Waals surface area contributed by atoms with Crippen molar-refractivity contribution in [2.45, 2.75) is 52.0 Å².